The van der Waals surface area contributed by atoms with Gasteiger partial charge >= 0.3 is 0 Å². The first kappa shape index (κ1) is 20.3. The molecule has 0 aromatic heterocycles. The Morgan fingerprint density at radius 2 is 1.91 bits per heavy atom. The van der Waals surface area contributed by atoms with Gasteiger partial charge in [0.15, 0.2) is 0 Å². The standard InChI is InChI=1S/C23H19ClN4O5/c1-11-14(7-3-8-15(11)28(32)33)27-20(29)17-16-9-4-10-26(16)23(18(17)21(27)30)12-5-2-6-13(24)19(12)25-22(23)31/h2-3,5-8,16-18H,4,9-10H2,1H3,(H,25,31)/t16-,17+,18-,23-/m0/s1. The highest BCUT2D eigenvalue weighted by atomic mass is 35.5. The van der Waals surface area contributed by atoms with Crippen molar-refractivity contribution < 1.29 is 19.3 Å². The molecule has 3 saturated heterocycles. The molecule has 1 spiro atoms. The summed E-state index contributed by atoms with van der Waals surface area (Å²) >= 11 is 6.38. The van der Waals surface area contributed by atoms with Crippen LogP contribution in [0.25, 0.3) is 0 Å². The zero-order valence-electron chi connectivity index (χ0n) is 17.6. The number of fused-ring (bicyclic) bond motifs is 7. The molecular weight excluding hydrogens is 448 g/mol. The van der Waals surface area contributed by atoms with E-state index in [-0.39, 0.29) is 28.9 Å². The Kier molecular flexibility index (Phi) is 4.07. The van der Waals surface area contributed by atoms with Gasteiger partial charge in [-0.05, 0) is 38.4 Å². The van der Waals surface area contributed by atoms with Gasteiger partial charge in [-0.2, -0.15) is 0 Å². The van der Waals surface area contributed by atoms with Crippen molar-refractivity contribution in [1.29, 1.82) is 0 Å². The molecule has 3 fully saturated rings. The maximum absolute atomic E-state index is 14.0. The molecule has 4 heterocycles. The molecule has 0 saturated carbocycles. The van der Waals surface area contributed by atoms with Gasteiger partial charge < -0.3 is 5.32 Å². The van der Waals surface area contributed by atoms with Crippen LogP contribution >= 0.6 is 11.6 Å². The van der Waals surface area contributed by atoms with Crippen molar-refractivity contribution in [2.24, 2.45) is 11.8 Å². The molecule has 2 aromatic carbocycles. The number of nitro benzene ring substituents is 1. The largest absolute Gasteiger partial charge is 0.323 e. The minimum atomic E-state index is -1.33. The van der Waals surface area contributed by atoms with Gasteiger partial charge in [0, 0.05) is 17.7 Å². The van der Waals surface area contributed by atoms with E-state index >= 15 is 0 Å². The topological polar surface area (TPSA) is 113 Å². The van der Waals surface area contributed by atoms with Crippen molar-refractivity contribution in [3.63, 3.8) is 0 Å². The van der Waals surface area contributed by atoms with E-state index in [1.807, 2.05) is 4.90 Å². The van der Waals surface area contributed by atoms with Crippen LogP contribution in [-0.2, 0) is 19.9 Å². The van der Waals surface area contributed by atoms with Crippen molar-refractivity contribution in [2.75, 3.05) is 16.8 Å². The van der Waals surface area contributed by atoms with E-state index in [0.29, 0.717) is 29.2 Å². The molecule has 2 aromatic rings. The lowest BCUT2D eigenvalue weighted by molar-refractivity contribution is -0.385. The summed E-state index contributed by atoms with van der Waals surface area (Å²) in [5, 5.41) is 14.7. The fourth-order valence-corrected chi connectivity index (χ4v) is 6.71. The van der Waals surface area contributed by atoms with Gasteiger partial charge in [-0.3, -0.25) is 29.4 Å². The Bertz CT molecular complexity index is 1300. The Labute approximate surface area is 193 Å². The van der Waals surface area contributed by atoms with Crippen molar-refractivity contribution in [1.82, 2.24) is 4.90 Å². The number of para-hydroxylation sites is 1. The van der Waals surface area contributed by atoms with Crippen LogP contribution < -0.4 is 10.2 Å². The number of hydrogen-bond donors (Lipinski definition) is 1. The first-order valence-corrected chi connectivity index (χ1v) is 11.2. The number of nitrogens with zero attached hydrogens (tertiary/aromatic N) is 3. The number of rotatable bonds is 2. The molecule has 0 aliphatic carbocycles. The summed E-state index contributed by atoms with van der Waals surface area (Å²) in [6.07, 6.45) is 1.49. The van der Waals surface area contributed by atoms with Gasteiger partial charge in [-0.1, -0.05) is 29.8 Å². The number of nitrogens with one attached hydrogen (secondary N) is 1. The lowest BCUT2D eigenvalue weighted by Crippen LogP contribution is -2.54. The average Bonchev–Trinajstić information content (AvgIpc) is 3.48. The third-order valence-corrected chi connectivity index (χ3v) is 8.01. The summed E-state index contributed by atoms with van der Waals surface area (Å²) in [4.78, 5) is 55.3. The zero-order valence-corrected chi connectivity index (χ0v) is 18.3. The van der Waals surface area contributed by atoms with Crippen molar-refractivity contribution in [3.05, 3.63) is 62.7 Å². The quantitative estimate of drug-likeness (QED) is 0.413. The minimum absolute atomic E-state index is 0.168. The fourth-order valence-electron chi connectivity index (χ4n) is 6.48. The number of benzene rings is 2. The van der Waals surface area contributed by atoms with Gasteiger partial charge in [0.05, 0.1) is 38.7 Å². The number of carbonyl (C=O) groups excluding carboxylic acids is 3. The second-order valence-corrected chi connectivity index (χ2v) is 9.39. The van der Waals surface area contributed by atoms with Crippen LogP contribution in [0.2, 0.25) is 5.02 Å². The fraction of sp³-hybridized carbons (Fsp3) is 0.348. The molecule has 1 N–H and O–H groups in total. The number of carbonyl (C=O) groups is 3. The van der Waals surface area contributed by atoms with E-state index in [1.54, 1.807) is 18.2 Å². The Balaban J connectivity index is 1.56. The molecule has 33 heavy (non-hydrogen) atoms. The summed E-state index contributed by atoms with van der Waals surface area (Å²) < 4.78 is 0. The number of amides is 3. The highest BCUT2D eigenvalue weighted by molar-refractivity contribution is 6.35. The molecular formula is C23H19ClN4O5. The molecule has 4 aliphatic heterocycles. The second kappa shape index (κ2) is 6.61. The summed E-state index contributed by atoms with van der Waals surface area (Å²) in [6.45, 7) is 2.12. The van der Waals surface area contributed by atoms with E-state index in [2.05, 4.69) is 5.32 Å². The zero-order chi connectivity index (χ0) is 23.2. The third kappa shape index (κ3) is 2.28. The summed E-state index contributed by atoms with van der Waals surface area (Å²) in [6, 6.07) is 9.27. The SMILES string of the molecule is Cc1c(N2C(=O)[C@H]3[C@@H](C2=O)[C@@]2(C(=O)Nc4c(Cl)cccc42)N2CCC[C@@H]32)cccc1[N+](=O)[O-]. The number of imide groups is 1. The Morgan fingerprint density at radius 1 is 1.15 bits per heavy atom. The predicted octanol–water partition coefficient (Wildman–Crippen LogP) is 2.99. The highest BCUT2D eigenvalue weighted by Crippen LogP contribution is 2.61. The van der Waals surface area contributed by atoms with Crippen molar-refractivity contribution in [3.8, 4) is 0 Å². The molecule has 9 nitrogen and oxygen atoms in total. The molecule has 4 aliphatic rings. The number of nitro groups is 1. The maximum atomic E-state index is 14.0. The first-order valence-electron chi connectivity index (χ1n) is 10.8. The van der Waals surface area contributed by atoms with E-state index in [0.717, 1.165) is 11.3 Å². The maximum Gasteiger partial charge on any atom is 0.274 e. The van der Waals surface area contributed by atoms with E-state index in [9.17, 15) is 24.5 Å². The summed E-state index contributed by atoms with van der Waals surface area (Å²) in [5.41, 5.74) is 0.0122. The van der Waals surface area contributed by atoms with Gasteiger partial charge in [0.1, 0.15) is 5.54 Å². The molecule has 10 heteroatoms. The predicted molar refractivity (Wildman–Crippen MR) is 119 cm³/mol. The molecule has 0 unspecified atom stereocenters. The Morgan fingerprint density at radius 3 is 2.67 bits per heavy atom. The lowest BCUT2D eigenvalue weighted by Gasteiger charge is -2.36. The monoisotopic (exact) mass is 466 g/mol. The van der Waals surface area contributed by atoms with Crippen LogP contribution in [0.15, 0.2) is 36.4 Å². The van der Waals surface area contributed by atoms with E-state index in [4.69, 9.17) is 11.6 Å². The van der Waals surface area contributed by atoms with Crippen molar-refractivity contribution in [2.45, 2.75) is 31.3 Å². The third-order valence-electron chi connectivity index (χ3n) is 7.69. The van der Waals surface area contributed by atoms with Crippen LogP contribution in [0.1, 0.15) is 24.0 Å². The number of halogens is 1. The van der Waals surface area contributed by atoms with Gasteiger partial charge in [0.2, 0.25) is 11.8 Å². The molecule has 168 valence electrons. The smallest absolute Gasteiger partial charge is 0.274 e. The van der Waals surface area contributed by atoms with Crippen LogP contribution in [0, 0.1) is 28.9 Å². The van der Waals surface area contributed by atoms with Crippen LogP contribution in [0.3, 0.4) is 0 Å². The number of anilines is 2. The lowest BCUT2D eigenvalue weighted by atomic mass is 9.75. The summed E-state index contributed by atoms with van der Waals surface area (Å²) in [5.74, 6) is -2.93. The second-order valence-electron chi connectivity index (χ2n) is 8.98. The molecule has 0 bridgehead atoms. The normalized spacial score (nSPS) is 30.1. The van der Waals surface area contributed by atoms with Gasteiger partial charge in [-0.25, -0.2) is 4.90 Å². The molecule has 0 radical (unpaired) electrons. The molecule has 4 atom stereocenters. The highest BCUT2D eigenvalue weighted by Gasteiger charge is 2.74. The molecule has 6 rings (SSSR count). The molecule has 3 amide bonds. The van der Waals surface area contributed by atoms with Crippen LogP contribution in [0.5, 0.6) is 0 Å². The van der Waals surface area contributed by atoms with E-state index < -0.39 is 34.1 Å². The average molecular weight is 467 g/mol. The Hall–Kier alpha value is -3.30. The minimum Gasteiger partial charge on any atom is -0.323 e. The number of hydrogen-bond acceptors (Lipinski definition) is 6. The first-order chi connectivity index (χ1) is 15.8. The van der Waals surface area contributed by atoms with Crippen LogP contribution in [0.4, 0.5) is 17.1 Å². The van der Waals surface area contributed by atoms with Gasteiger partial charge in [0.25, 0.3) is 11.6 Å². The summed E-state index contributed by atoms with van der Waals surface area (Å²) in [7, 11) is 0. The van der Waals surface area contributed by atoms with Crippen LogP contribution in [-0.4, -0.2) is 40.1 Å². The van der Waals surface area contributed by atoms with E-state index in [1.165, 1.54) is 25.1 Å². The van der Waals surface area contributed by atoms with Gasteiger partial charge in [-0.15, -0.1) is 0 Å². The van der Waals surface area contributed by atoms with Crippen molar-refractivity contribution >= 4 is 46.4 Å².